The van der Waals surface area contributed by atoms with Gasteiger partial charge in [0, 0.05) is 31.2 Å². The summed E-state index contributed by atoms with van der Waals surface area (Å²) in [6, 6.07) is 15.7. The summed E-state index contributed by atoms with van der Waals surface area (Å²) >= 11 is 12.7. The molecule has 2 aromatic carbocycles. The van der Waals surface area contributed by atoms with Crippen LogP contribution < -0.4 is 4.90 Å². The van der Waals surface area contributed by atoms with Crippen LogP contribution in [0.4, 0.5) is 5.69 Å². The summed E-state index contributed by atoms with van der Waals surface area (Å²) in [7, 11) is 0. The normalized spacial score (nSPS) is 17.1. The Balaban J connectivity index is 1.58. The molecular weight excluding hydrogens is 421 g/mol. The van der Waals surface area contributed by atoms with Gasteiger partial charge in [0.05, 0.1) is 34.9 Å². The summed E-state index contributed by atoms with van der Waals surface area (Å²) in [5, 5.41) is 22.2. The quantitative estimate of drug-likeness (QED) is 0.600. The number of aromatic nitrogens is 4. The predicted molar refractivity (Wildman–Crippen MR) is 117 cm³/mol. The number of hydrogen-bond acceptors (Lipinski definition) is 6. The Morgan fingerprint density at radius 2 is 1.90 bits per heavy atom. The van der Waals surface area contributed by atoms with Crippen LogP contribution in [0.3, 0.4) is 0 Å². The summed E-state index contributed by atoms with van der Waals surface area (Å²) in [6.07, 6.45) is 0. The van der Waals surface area contributed by atoms with E-state index < -0.39 is 0 Å². The maximum absolute atomic E-state index is 9.15. The van der Waals surface area contributed by atoms with Crippen LogP contribution in [0, 0.1) is 18.3 Å². The van der Waals surface area contributed by atoms with E-state index in [4.69, 9.17) is 28.5 Å². The standard InChI is InChI=1S/C21H21Cl2N7/c1-15-25-26-27-30(15)11-9-28-8-10-29(20-7-2-16(13-24)12-19(20)23)21(14-28)17-3-5-18(22)6-4-17/h2-7,12,21H,8-11,14H2,1H3. The molecule has 1 aromatic heterocycles. The number of halogens is 2. The van der Waals surface area contributed by atoms with Gasteiger partial charge in [-0.3, -0.25) is 4.90 Å². The number of rotatable bonds is 5. The highest BCUT2D eigenvalue weighted by Crippen LogP contribution is 2.36. The van der Waals surface area contributed by atoms with Crippen molar-refractivity contribution in [2.75, 3.05) is 31.1 Å². The first-order valence-corrected chi connectivity index (χ1v) is 10.5. The Morgan fingerprint density at radius 3 is 2.57 bits per heavy atom. The van der Waals surface area contributed by atoms with E-state index in [0.29, 0.717) is 15.6 Å². The zero-order valence-electron chi connectivity index (χ0n) is 16.5. The fourth-order valence-electron chi connectivity index (χ4n) is 3.80. The number of anilines is 1. The van der Waals surface area contributed by atoms with Crippen LogP contribution in [0.15, 0.2) is 42.5 Å². The van der Waals surface area contributed by atoms with Gasteiger partial charge in [0.2, 0.25) is 0 Å². The molecule has 1 saturated heterocycles. The topological polar surface area (TPSA) is 73.9 Å². The highest BCUT2D eigenvalue weighted by molar-refractivity contribution is 6.33. The third kappa shape index (κ3) is 4.41. The lowest BCUT2D eigenvalue weighted by atomic mass is 10.0. The van der Waals surface area contributed by atoms with Gasteiger partial charge in [-0.1, -0.05) is 35.3 Å². The van der Waals surface area contributed by atoms with Crippen molar-refractivity contribution in [2.45, 2.75) is 19.5 Å². The Labute approximate surface area is 185 Å². The van der Waals surface area contributed by atoms with Gasteiger partial charge in [0.15, 0.2) is 0 Å². The first kappa shape index (κ1) is 20.6. The van der Waals surface area contributed by atoms with Gasteiger partial charge in [-0.15, -0.1) is 5.10 Å². The Kier molecular flexibility index (Phi) is 6.18. The summed E-state index contributed by atoms with van der Waals surface area (Å²) in [4.78, 5) is 4.72. The van der Waals surface area contributed by atoms with Gasteiger partial charge in [-0.05, 0) is 53.2 Å². The monoisotopic (exact) mass is 441 g/mol. The summed E-state index contributed by atoms with van der Waals surface area (Å²) in [6.45, 7) is 6.03. The van der Waals surface area contributed by atoms with Crippen molar-refractivity contribution in [1.82, 2.24) is 25.1 Å². The van der Waals surface area contributed by atoms with E-state index in [1.54, 1.807) is 6.07 Å². The van der Waals surface area contributed by atoms with Crippen LogP contribution >= 0.6 is 23.2 Å². The molecule has 1 atom stereocenters. The van der Waals surface area contributed by atoms with Crippen molar-refractivity contribution in [3.8, 4) is 6.07 Å². The number of tetrazole rings is 1. The van der Waals surface area contributed by atoms with Crippen LogP contribution in [-0.4, -0.2) is 51.3 Å². The largest absolute Gasteiger partial charge is 0.361 e. The zero-order chi connectivity index (χ0) is 21.1. The molecule has 30 heavy (non-hydrogen) atoms. The van der Waals surface area contributed by atoms with Gasteiger partial charge in [-0.2, -0.15) is 5.26 Å². The molecule has 0 aliphatic carbocycles. The minimum absolute atomic E-state index is 0.108. The molecule has 1 aliphatic rings. The minimum atomic E-state index is 0.108. The molecule has 0 radical (unpaired) electrons. The summed E-state index contributed by atoms with van der Waals surface area (Å²) < 4.78 is 1.82. The van der Waals surface area contributed by atoms with Crippen molar-refractivity contribution in [3.05, 3.63) is 69.5 Å². The molecular formula is C21H21Cl2N7. The molecule has 9 heteroatoms. The number of benzene rings is 2. The number of piperazine rings is 1. The molecule has 0 spiro atoms. The Bertz CT molecular complexity index is 1060. The molecule has 0 N–H and O–H groups in total. The van der Waals surface area contributed by atoms with E-state index in [9.17, 15) is 0 Å². The molecule has 0 amide bonds. The number of nitriles is 1. The maximum atomic E-state index is 9.15. The molecule has 3 aromatic rings. The van der Waals surface area contributed by atoms with Crippen molar-refractivity contribution >= 4 is 28.9 Å². The van der Waals surface area contributed by atoms with Gasteiger partial charge in [0.1, 0.15) is 5.82 Å². The maximum Gasteiger partial charge on any atom is 0.148 e. The van der Waals surface area contributed by atoms with Crippen molar-refractivity contribution < 1.29 is 0 Å². The fraction of sp³-hybridized carbons (Fsp3) is 0.333. The van der Waals surface area contributed by atoms with Crippen molar-refractivity contribution in [1.29, 1.82) is 5.26 Å². The zero-order valence-corrected chi connectivity index (χ0v) is 18.1. The molecule has 1 fully saturated rings. The Morgan fingerprint density at radius 1 is 1.10 bits per heavy atom. The average Bonchev–Trinajstić information content (AvgIpc) is 3.17. The lowest BCUT2D eigenvalue weighted by Gasteiger charge is -2.43. The fourth-order valence-corrected chi connectivity index (χ4v) is 4.22. The van der Waals surface area contributed by atoms with Gasteiger partial charge >= 0.3 is 0 Å². The predicted octanol–water partition coefficient (Wildman–Crippen LogP) is 3.72. The average molecular weight is 442 g/mol. The van der Waals surface area contributed by atoms with Crippen molar-refractivity contribution in [3.63, 3.8) is 0 Å². The lowest BCUT2D eigenvalue weighted by molar-refractivity contribution is 0.212. The molecule has 7 nitrogen and oxygen atoms in total. The number of nitrogens with zero attached hydrogens (tertiary/aromatic N) is 7. The summed E-state index contributed by atoms with van der Waals surface area (Å²) in [5.41, 5.74) is 2.66. The SMILES string of the molecule is Cc1nnnn1CCN1CCN(c2ccc(C#N)cc2Cl)C(c2ccc(Cl)cc2)C1. The molecule has 2 heterocycles. The van der Waals surface area contributed by atoms with E-state index in [0.717, 1.165) is 44.2 Å². The van der Waals surface area contributed by atoms with Crippen LogP contribution in [0.25, 0.3) is 0 Å². The number of hydrogen-bond donors (Lipinski definition) is 0. The highest BCUT2D eigenvalue weighted by atomic mass is 35.5. The van der Waals surface area contributed by atoms with Crippen molar-refractivity contribution in [2.24, 2.45) is 0 Å². The van der Waals surface area contributed by atoms with E-state index in [-0.39, 0.29) is 6.04 Å². The van der Waals surface area contributed by atoms with E-state index >= 15 is 0 Å². The van der Waals surface area contributed by atoms with Crippen LogP contribution in [0.2, 0.25) is 10.0 Å². The third-order valence-corrected chi connectivity index (χ3v) is 6.00. The van der Waals surface area contributed by atoms with Crippen LogP contribution in [0.5, 0.6) is 0 Å². The minimum Gasteiger partial charge on any atom is -0.361 e. The second-order valence-corrected chi connectivity index (χ2v) is 8.13. The molecule has 4 rings (SSSR count). The first-order chi connectivity index (χ1) is 14.5. The van der Waals surface area contributed by atoms with Crippen LogP contribution in [0.1, 0.15) is 23.0 Å². The third-order valence-electron chi connectivity index (χ3n) is 5.44. The van der Waals surface area contributed by atoms with E-state index in [2.05, 4.69) is 43.5 Å². The molecule has 0 saturated carbocycles. The highest BCUT2D eigenvalue weighted by Gasteiger charge is 2.29. The number of aryl methyl sites for hydroxylation is 1. The van der Waals surface area contributed by atoms with Gasteiger partial charge < -0.3 is 4.90 Å². The second-order valence-electron chi connectivity index (χ2n) is 7.29. The molecule has 1 unspecified atom stereocenters. The summed E-state index contributed by atoms with van der Waals surface area (Å²) in [5.74, 6) is 0.812. The molecule has 154 valence electrons. The second kappa shape index (κ2) is 9.00. The lowest BCUT2D eigenvalue weighted by Crippen LogP contribution is -2.49. The molecule has 0 bridgehead atoms. The first-order valence-electron chi connectivity index (χ1n) is 9.72. The van der Waals surface area contributed by atoms with E-state index in [1.807, 2.05) is 35.9 Å². The van der Waals surface area contributed by atoms with E-state index in [1.165, 1.54) is 5.56 Å². The Hall–Kier alpha value is -2.66. The van der Waals surface area contributed by atoms with Gasteiger partial charge in [-0.25, -0.2) is 4.68 Å². The van der Waals surface area contributed by atoms with Gasteiger partial charge in [0.25, 0.3) is 0 Å². The smallest absolute Gasteiger partial charge is 0.148 e. The van der Waals surface area contributed by atoms with Crippen LogP contribution in [-0.2, 0) is 6.54 Å². The molecule has 1 aliphatic heterocycles.